The van der Waals surface area contributed by atoms with E-state index in [2.05, 4.69) is 20.5 Å². The van der Waals surface area contributed by atoms with Crippen LogP contribution in [0.4, 0.5) is 5.69 Å². The minimum Gasteiger partial charge on any atom is -0.441 e. The van der Waals surface area contributed by atoms with Gasteiger partial charge in [0.25, 0.3) is 5.91 Å². The molecule has 1 aliphatic rings. The predicted octanol–water partition coefficient (Wildman–Crippen LogP) is 4.12. The minimum absolute atomic E-state index is 0.0173. The van der Waals surface area contributed by atoms with Gasteiger partial charge in [-0.25, -0.2) is 4.98 Å². The summed E-state index contributed by atoms with van der Waals surface area (Å²) in [5, 5.41) is 7.51. The van der Waals surface area contributed by atoms with Crippen LogP contribution in [0.2, 0.25) is 0 Å². The fourth-order valence-electron chi connectivity index (χ4n) is 3.98. The van der Waals surface area contributed by atoms with Gasteiger partial charge in [-0.2, -0.15) is 0 Å². The molecule has 2 amide bonds. The Hall–Kier alpha value is -3.30. The summed E-state index contributed by atoms with van der Waals surface area (Å²) in [5.74, 6) is 0.694. The molecule has 2 aromatic heterocycles. The second kappa shape index (κ2) is 10.3. The van der Waals surface area contributed by atoms with Crippen LogP contribution in [0.3, 0.4) is 0 Å². The van der Waals surface area contributed by atoms with Gasteiger partial charge in [-0.3, -0.25) is 14.4 Å². The number of hydrogen-bond acceptors (Lipinski definition) is 7. The molecule has 0 aliphatic carbocycles. The first-order valence-electron chi connectivity index (χ1n) is 11.2. The molecule has 0 unspecified atom stereocenters. The van der Waals surface area contributed by atoms with Crippen LogP contribution in [-0.2, 0) is 11.3 Å². The Labute approximate surface area is 202 Å². The zero-order valence-corrected chi connectivity index (χ0v) is 20.3. The standard InChI is InChI=1S/C25H28N4O4S/c1-15(30)22-11-19(14-34-22)23(31)26-12-21-16(2)33-25(28-21)17-6-4-8-20(10-17)27-24(32)18-7-5-9-29(3)13-18/h4,6,8,10-11,14,18H,5,7,9,12-13H2,1-3H3,(H,26,31)(H,27,32)/t18-/m1/s1. The zero-order valence-electron chi connectivity index (χ0n) is 19.5. The fraction of sp³-hybridized carbons (Fsp3) is 0.360. The number of aryl methyl sites for hydroxylation is 1. The number of ketones is 1. The van der Waals surface area contributed by atoms with E-state index >= 15 is 0 Å². The number of likely N-dealkylation sites (tertiary alicyclic amines) is 1. The van der Waals surface area contributed by atoms with Crippen LogP contribution in [0.25, 0.3) is 11.5 Å². The average molecular weight is 481 g/mol. The number of hydrogen-bond donors (Lipinski definition) is 2. The van der Waals surface area contributed by atoms with Gasteiger partial charge in [-0.1, -0.05) is 6.07 Å². The van der Waals surface area contributed by atoms with Crippen LogP contribution in [0, 0.1) is 12.8 Å². The predicted molar refractivity (Wildman–Crippen MR) is 131 cm³/mol. The molecule has 8 nitrogen and oxygen atoms in total. The molecular formula is C25H28N4O4S. The first kappa shape index (κ1) is 23.8. The van der Waals surface area contributed by atoms with Gasteiger partial charge in [0.15, 0.2) is 5.78 Å². The van der Waals surface area contributed by atoms with E-state index in [-0.39, 0.29) is 30.1 Å². The Morgan fingerprint density at radius 3 is 2.82 bits per heavy atom. The number of carbonyl (C=O) groups is 3. The topological polar surface area (TPSA) is 105 Å². The summed E-state index contributed by atoms with van der Waals surface area (Å²) >= 11 is 1.25. The van der Waals surface area contributed by atoms with Crippen LogP contribution in [0.15, 0.2) is 40.1 Å². The fourth-order valence-corrected chi connectivity index (χ4v) is 4.77. The maximum atomic E-state index is 12.7. The van der Waals surface area contributed by atoms with Crippen molar-refractivity contribution in [3.8, 4) is 11.5 Å². The van der Waals surface area contributed by atoms with E-state index in [0.29, 0.717) is 33.5 Å². The normalized spacial score (nSPS) is 16.3. The third kappa shape index (κ3) is 5.60. The lowest BCUT2D eigenvalue weighted by molar-refractivity contribution is -0.121. The lowest BCUT2D eigenvalue weighted by Crippen LogP contribution is -2.38. The molecule has 0 bridgehead atoms. The van der Waals surface area contributed by atoms with Gasteiger partial charge in [-0.15, -0.1) is 11.3 Å². The highest BCUT2D eigenvalue weighted by Crippen LogP contribution is 2.25. The van der Waals surface area contributed by atoms with E-state index in [4.69, 9.17) is 4.42 Å². The van der Waals surface area contributed by atoms with Gasteiger partial charge >= 0.3 is 0 Å². The summed E-state index contributed by atoms with van der Waals surface area (Å²) in [5.41, 5.74) is 2.50. The number of aromatic nitrogens is 1. The number of benzene rings is 1. The summed E-state index contributed by atoms with van der Waals surface area (Å²) in [4.78, 5) is 43.8. The van der Waals surface area contributed by atoms with Gasteiger partial charge in [0.2, 0.25) is 11.8 Å². The molecule has 0 saturated carbocycles. The Kier molecular flexibility index (Phi) is 7.23. The number of rotatable bonds is 7. The SMILES string of the molecule is CC(=O)c1cc(C(=O)NCc2nc(-c3cccc(NC(=O)[C@@H]4CCCN(C)C4)c3)oc2C)cs1. The van der Waals surface area contributed by atoms with Crippen molar-refractivity contribution >= 4 is 34.6 Å². The highest BCUT2D eigenvalue weighted by molar-refractivity contribution is 7.12. The zero-order chi connectivity index (χ0) is 24.2. The Morgan fingerprint density at radius 1 is 1.26 bits per heavy atom. The highest BCUT2D eigenvalue weighted by Gasteiger charge is 2.24. The second-order valence-corrected chi connectivity index (χ2v) is 9.54. The smallest absolute Gasteiger partial charge is 0.252 e. The molecule has 1 fully saturated rings. The van der Waals surface area contributed by atoms with Crippen molar-refractivity contribution in [2.75, 3.05) is 25.5 Å². The molecule has 1 aromatic carbocycles. The molecule has 0 spiro atoms. The van der Waals surface area contributed by atoms with Crippen molar-refractivity contribution in [1.29, 1.82) is 0 Å². The number of nitrogens with one attached hydrogen (secondary N) is 2. The summed E-state index contributed by atoms with van der Waals surface area (Å²) in [6.45, 7) is 5.26. The van der Waals surface area contributed by atoms with Crippen molar-refractivity contribution in [2.45, 2.75) is 33.2 Å². The molecule has 1 saturated heterocycles. The quantitative estimate of drug-likeness (QED) is 0.493. The first-order valence-corrected chi connectivity index (χ1v) is 12.1. The van der Waals surface area contributed by atoms with Crippen LogP contribution in [0.5, 0.6) is 0 Å². The highest BCUT2D eigenvalue weighted by atomic mass is 32.1. The number of piperidine rings is 1. The van der Waals surface area contributed by atoms with E-state index in [1.165, 1.54) is 18.3 Å². The Bertz CT molecular complexity index is 1220. The third-order valence-electron chi connectivity index (χ3n) is 5.89. The minimum atomic E-state index is -0.272. The molecule has 3 aromatic rings. The van der Waals surface area contributed by atoms with Crippen LogP contribution in [-0.4, -0.2) is 47.6 Å². The molecular weight excluding hydrogens is 452 g/mol. The molecule has 4 rings (SSSR count). The van der Waals surface area contributed by atoms with E-state index in [1.54, 1.807) is 18.4 Å². The summed E-state index contributed by atoms with van der Waals surface area (Å²) in [6, 6.07) is 9.00. The number of nitrogens with zero attached hydrogens (tertiary/aromatic N) is 2. The summed E-state index contributed by atoms with van der Waals surface area (Å²) < 4.78 is 5.84. The van der Waals surface area contributed by atoms with E-state index in [1.807, 2.05) is 31.3 Å². The van der Waals surface area contributed by atoms with E-state index in [0.717, 1.165) is 31.5 Å². The van der Waals surface area contributed by atoms with Crippen molar-refractivity contribution in [3.05, 3.63) is 57.6 Å². The number of Topliss-reactive ketones (excluding diaryl/α,β-unsaturated/α-hetero) is 1. The summed E-state index contributed by atoms with van der Waals surface area (Å²) in [7, 11) is 2.04. The van der Waals surface area contributed by atoms with E-state index in [9.17, 15) is 14.4 Å². The number of amides is 2. The number of anilines is 1. The van der Waals surface area contributed by atoms with Crippen LogP contribution in [0.1, 0.15) is 51.2 Å². The molecule has 1 aliphatic heterocycles. The van der Waals surface area contributed by atoms with Crippen molar-refractivity contribution in [2.24, 2.45) is 5.92 Å². The largest absolute Gasteiger partial charge is 0.441 e. The van der Waals surface area contributed by atoms with Crippen LogP contribution < -0.4 is 10.6 Å². The maximum Gasteiger partial charge on any atom is 0.252 e. The van der Waals surface area contributed by atoms with E-state index < -0.39 is 0 Å². The molecule has 0 radical (unpaired) electrons. The lowest BCUT2D eigenvalue weighted by atomic mass is 9.97. The lowest BCUT2D eigenvalue weighted by Gasteiger charge is -2.28. The van der Waals surface area contributed by atoms with Gasteiger partial charge in [0.1, 0.15) is 11.5 Å². The average Bonchev–Trinajstić information content (AvgIpc) is 3.45. The number of thiophene rings is 1. The molecule has 2 N–H and O–H groups in total. The van der Waals surface area contributed by atoms with Gasteiger partial charge in [0, 0.05) is 23.2 Å². The molecule has 1 atom stereocenters. The number of oxazole rings is 1. The molecule has 34 heavy (non-hydrogen) atoms. The third-order valence-corrected chi connectivity index (χ3v) is 6.92. The Morgan fingerprint density at radius 2 is 2.09 bits per heavy atom. The molecule has 3 heterocycles. The van der Waals surface area contributed by atoms with Gasteiger partial charge < -0.3 is 20.0 Å². The number of carbonyl (C=O) groups excluding carboxylic acids is 3. The van der Waals surface area contributed by atoms with Crippen molar-refractivity contribution in [3.63, 3.8) is 0 Å². The first-order chi connectivity index (χ1) is 16.3. The van der Waals surface area contributed by atoms with Crippen molar-refractivity contribution in [1.82, 2.24) is 15.2 Å². The molecule has 178 valence electrons. The van der Waals surface area contributed by atoms with Gasteiger partial charge in [-0.05, 0) is 64.5 Å². The molecule has 9 heteroatoms. The monoisotopic (exact) mass is 480 g/mol. The second-order valence-electron chi connectivity index (χ2n) is 8.63. The maximum absolute atomic E-state index is 12.7. The van der Waals surface area contributed by atoms with Gasteiger partial charge in [0.05, 0.1) is 22.9 Å². The van der Waals surface area contributed by atoms with Crippen molar-refractivity contribution < 1.29 is 18.8 Å². The summed E-state index contributed by atoms with van der Waals surface area (Å²) in [6.07, 6.45) is 1.92. The Balaban J connectivity index is 1.40. The van der Waals surface area contributed by atoms with Crippen LogP contribution >= 0.6 is 11.3 Å².